The molecule has 0 aliphatic carbocycles. The SMILES string of the molecule is CO[C@H]1/C=C/O[C@@]2(C)Oc3c(C)c(O)c4c(O)c(c(/C=N\N5CC(C)N(Cc6ccccc6)CC5C)c(O)c4c3C2=O)NC(=O)/C(C)=C/C=C/[C@H](C)[C@H](O)[C@@H](C)[C@@H](O)[C@@H](C)[C@H](OC(C)=O)[C@@H]1C. The molecule has 1 amide bonds. The van der Waals surface area contributed by atoms with Crippen LogP contribution in [0.5, 0.6) is 23.0 Å². The number of methoxy groups -OCH3 is 1. The summed E-state index contributed by atoms with van der Waals surface area (Å²) in [5.41, 5.74) is 0.786. The van der Waals surface area contributed by atoms with E-state index >= 15 is 0 Å². The summed E-state index contributed by atoms with van der Waals surface area (Å²) in [5, 5.41) is 68.1. The van der Waals surface area contributed by atoms with Crippen molar-refractivity contribution in [2.45, 2.75) is 118 Å². The van der Waals surface area contributed by atoms with E-state index in [4.69, 9.17) is 24.0 Å². The highest BCUT2D eigenvalue weighted by Gasteiger charge is 2.50. The first-order chi connectivity index (χ1) is 31.6. The third kappa shape index (κ3) is 10.2. The third-order valence-electron chi connectivity index (χ3n) is 13.7. The van der Waals surface area contributed by atoms with Crippen LogP contribution in [0.15, 0.2) is 71.6 Å². The summed E-state index contributed by atoms with van der Waals surface area (Å²) < 4.78 is 23.8. The molecule has 1 fully saturated rings. The minimum Gasteiger partial charge on any atom is -0.507 e. The van der Waals surface area contributed by atoms with Gasteiger partial charge in [0.2, 0.25) is 0 Å². The Morgan fingerprint density at radius 1 is 0.910 bits per heavy atom. The molecule has 7 rings (SSSR count). The second-order valence-electron chi connectivity index (χ2n) is 18.6. The van der Waals surface area contributed by atoms with Crippen molar-refractivity contribution < 1.29 is 58.9 Å². The van der Waals surface area contributed by atoms with Crippen LogP contribution >= 0.6 is 0 Å². The number of carbonyl (C=O) groups excluding carboxylic acids is 3. The van der Waals surface area contributed by atoms with Gasteiger partial charge in [0.25, 0.3) is 11.7 Å². The zero-order chi connectivity index (χ0) is 49.2. The Bertz CT molecular complexity index is 2470. The van der Waals surface area contributed by atoms with Gasteiger partial charge in [0, 0.05) is 80.3 Å². The maximum absolute atomic E-state index is 14.6. The standard InChI is InChI=1S/C51H66N4O12/c1-26-16-15-17-27(2)50(63)53-41-36(22-52-55-24-28(3)54(23-29(55)4)25-35-18-13-12-14-19-35)45(60)38-39(46(41)61)44(59)33(8)48-40(38)49(62)51(10,67-48)65-21-20-37(64-11)30(5)47(66-34(9)56)32(7)43(58)31(6)42(26)57/h12-22,26,28-32,37,42-43,47,57-61H,23-25H2,1-11H3,(H,53,63)/b16-15+,21-20+,27-17+,52-22-/t26-,28?,29?,30+,31+,32+,37-,42-,43+,47+,51-/m0/s1. The van der Waals surface area contributed by atoms with E-state index in [1.165, 1.54) is 65.0 Å². The number of fused-ring (bicyclic) bond motifs is 14. The predicted octanol–water partition coefficient (Wildman–Crippen LogP) is 6.68. The number of ketones is 1. The fourth-order valence-corrected chi connectivity index (χ4v) is 9.38. The molecule has 0 saturated carbocycles. The first-order valence-corrected chi connectivity index (χ1v) is 22.8. The van der Waals surface area contributed by atoms with Crippen LogP contribution in [-0.2, 0) is 30.3 Å². The van der Waals surface area contributed by atoms with E-state index in [0.29, 0.717) is 13.1 Å². The van der Waals surface area contributed by atoms with E-state index in [1.54, 1.807) is 39.8 Å². The molecule has 4 aliphatic rings. The van der Waals surface area contributed by atoms with Crippen LogP contribution in [0.1, 0.15) is 89.4 Å². The lowest BCUT2D eigenvalue weighted by Gasteiger charge is -2.42. The van der Waals surface area contributed by atoms with Gasteiger partial charge in [-0.3, -0.25) is 24.3 Å². The number of aliphatic hydroxyl groups excluding tert-OH is 2. The molecule has 11 atom stereocenters. The molecule has 1 saturated heterocycles. The number of esters is 1. The van der Waals surface area contributed by atoms with Gasteiger partial charge < -0.3 is 49.8 Å². The summed E-state index contributed by atoms with van der Waals surface area (Å²) in [6.45, 7) is 18.6. The molecule has 3 aromatic rings. The van der Waals surface area contributed by atoms with Crippen molar-refractivity contribution in [2.24, 2.45) is 28.8 Å². The van der Waals surface area contributed by atoms with Gasteiger partial charge in [0.15, 0.2) is 5.75 Å². The monoisotopic (exact) mass is 926 g/mol. The summed E-state index contributed by atoms with van der Waals surface area (Å²) >= 11 is 0. The molecule has 2 unspecified atom stereocenters. The molecule has 0 spiro atoms. The molecule has 0 aromatic heterocycles. The Labute approximate surface area is 392 Å². The van der Waals surface area contributed by atoms with Crippen molar-refractivity contribution in [2.75, 3.05) is 25.5 Å². The van der Waals surface area contributed by atoms with Crippen LogP contribution in [0.2, 0.25) is 0 Å². The first kappa shape index (κ1) is 50.5. The van der Waals surface area contributed by atoms with Crippen LogP contribution < -0.4 is 10.1 Å². The van der Waals surface area contributed by atoms with Crippen molar-refractivity contribution in [3.05, 3.63) is 88.7 Å². The van der Waals surface area contributed by atoms with E-state index < -0.39 is 88.8 Å². The molecule has 6 N–H and O–H groups in total. The summed E-state index contributed by atoms with van der Waals surface area (Å²) in [6.07, 6.45) is 4.88. The van der Waals surface area contributed by atoms with Crippen LogP contribution in [-0.4, -0.2) is 122 Å². The molecule has 67 heavy (non-hydrogen) atoms. The number of amides is 1. The molecule has 362 valence electrons. The Morgan fingerprint density at radius 2 is 1.60 bits per heavy atom. The van der Waals surface area contributed by atoms with Crippen molar-refractivity contribution in [1.82, 2.24) is 9.91 Å². The Kier molecular flexibility index (Phi) is 15.5. The fraction of sp³-hybridized carbons (Fsp3) is 0.490. The predicted molar refractivity (Wildman–Crippen MR) is 254 cm³/mol. The maximum Gasteiger partial charge on any atom is 0.312 e. The van der Waals surface area contributed by atoms with Gasteiger partial charge in [-0.25, -0.2) is 0 Å². The minimum atomic E-state index is -2.07. The van der Waals surface area contributed by atoms with Gasteiger partial charge in [-0.1, -0.05) is 76.3 Å². The molecule has 3 aromatic carbocycles. The lowest BCUT2D eigenvalue weighted by molar-refractivity contribution is -0.160. The minimum absolute atomic E-state index is 0.0502. The number of nitrogens with zero attached hydrogens (tertiary/aromatic N) is 3. The van der Waals surface area contributed by atoms with Crippen molar-refractivity contribution >= 4 is 40.3 Å². The second-order valence-corrected chi connectivity index (χ2v) is 18.6. The third-order valence-corrected chi connectivity index (χ3v) is 13.7. The zero-order valence-corrected chi connectivity index (χ0v) is 40.2. The Balaban J connectivity index is 1.48. The largest absolute Gasteiger partial charge is 0.507 e. The number of allylic oxidation sites excluding steroid dienone is 2. The molecule has 16 heteroatoms. The van der Waals surface area contributed by atoms with Gasteiger partial charge >= 0.3 is 11.8 Å². The van der Waals surface area contributed by atoms with E-state index in [0.717, 1.165) is 6.54 Å². The topological polar surface area (TPSA) is 220 Å². The van der Waals surface area contributed by atoms with Gasteiger partial charge in [0.1, 0.15) is 23.4 Å². The Hall–Kier alpha value is -5.94. The van der Waals surface area contributed by atoms with Crippen LogP contribution in [0.25, 0.3) is 10.8 Å². The number of piperazine rings is 1. The number of Topliss-reactive ketones (excluding diaryl/α,β-unsaturated/α-hetero) is 1. The number of hydrogen-bond acceptors (Lipinski definition) is 15. The first-order valence-electron chi connectivity index (χ1n) is 22.8. The average molecular weight is 927 g/mol. The highest BCUT2D eigenvalue weighted by molar-refractivity contribution is 6.23. The van der Waals surface area contributed by atoms with Gasteiger partial charge in [0.05, 0.1) is 65.6 Å². The number of hydrazone groups is 1. The number of aliphatic hydroxyl groups is 2. The maximum atomic E-state index is 14.6. The lowest BCUT2D eigenvalue weighted by atomic mass is 9.78. The summed E-state index contributed by atoms with van der Waals surface area (Å²) in [4.78, 5) is 43.4. The van der Waals surface area contributed by atoms with Crippen molar-refractivity contribution in [3.8, 4) is 23.0 Å². The molecule has 4 aliphatic heterocycles. The fourth-order valence-electron chi connectivity index (χ4n) is 9.38. The number of benzene rings is 3. The highest BCUT2D eigenvalue weighted by atomic mass is 16.7. The molecular formula is C51H66N4O12. The molecule has 16 nitrogen and oxygen atoms in total. The summed E-state index contributed by atoms with van der Waals surface area (Å²) in [6, 6.07) is 10.1. The van der Waals surface area contributed by atoms with Crippen LogP contribution in [0, 0.1) is 30.6 Å². The summed E-state index contributed by atoms with van der Waals surface area (Å²) in [5.74, 6) is -8.46. The number of phenols is 3. The lowest BCUT2D eigenvalue weighted by Crippen LogP contribution is -2.54. The van der Waals surface area contributed by atoms with Crippen LogP contribution in [0.3, 0.4) is 0 Å². The molecule has 0 radical (unpaired) electrons. The zero-order valence-electron chi connectivity index (χ0n) is 40.2. The number of aromatic hydroxyl groups is 3. The van der Waals surface area contributed by atoms with Gasteiger partial charge in [-0.15, -0.1) is 0 Å². The molecule has 5 bridgehead atoms. The van der Waals surface area contributed by atoms with Crippen molar-refractivity contribution in [3.63, 3.8) is 0 Å². The van der Waals surface area contributed by atoms with E-state index in [1.807, 2.05) is 30.1 Å². The van der Waals surface area contributed by atoms with E-state index in [2.05, 4.69) is 29.3 Å². The number of rotatable bonds is 6. The number of nitrogens with one attached hydrogen (secondary N) is 1. The van der Waals surface area contributed by atoms with Crippen LogP contribution in [0.4, 0.5) is 5.69 Å². The smallest absolute Gasteiger partial charge is 0.312 e. The van der Waals surface area contributed by atoms with Gasteiger partial charge in [-0.05, 0) is 39.3 Å². The molecule has 4 heterocycles. The number of anilines is 1. The highest BCUT2D eigenvalue weighted by Crippen LogP contribution is 2.55. The number of phenolic OH excluding ortho intramolecular Hbond substituents is 3. The summed E-state index contributed by atoms with van der Waals surface area (Å²) in [7, 11) is 1.44. The van der Waals surface area contributed by atoms with E-state index in [9.17, 15) is 39.9 Å². The quantitative estimate of drug-likeness (QED) is 0.0658. The average Bonchev–Trinajstić information content (AvgIpc) is 3.56. The van der Waals surface area contributed by atoms with E-state index in [-0.39, 0.29) is 56.6 Å². The van der Waals surface area contributed by atoms with Gasteiger partial charge in [-0.2, -0.15) is 5.10 Å². The normalized spacial score (nSPS) is 31.8. The number of carbonyl (C=O) groups is 3. The Morgan fingerprint density at radius 3 is 2.25 bits per heavy atom. The number of hydrogen-bond donors (Lipinski definition) is 6. The number of ether oxygens (including phenoxy) is 4. The second kappa shape index (κ2) is 20.5. The molecular weight excluding hydrogens is 861 g/mol. The van der Waals surface area contributed by atoms with Crippen molar-refractivity contribution in [1.29, 1.82) is 0 Å².